The molecule has 5 N–H and O–H groups in total. The number of nitrogens with one attached hydrogen (secondary N) is 3. The number of ether oxygens (including phenoxy) is 1. The van der Waals surface area contributed by atoms with E-state index in [1.165, 1.54) is 7.11 Å². The van der Waals surface area contributed by atoms with Crippen molar-refractivity contribution in [3.63, 3.8) is 0 Å². The van der Waals surface area contributed by atoms with Gasteiger partial charge >= 0.3 is 6.03 Å². The summed E-state index contributed by atoms with van der Waals surface area (Å²) in [7, 11) is 1.51. The number of benzene rings is 3. The first kappa shape index (κ1) is 18.8. The molecule has 0 aliphatic rings. The maximum absolute atomic E-state index is 12.4. The Labute approximate surface area is 162 Å². The average Bonchev–Trinajstić information content (AvgIpc) is 2.71. The number of carbonyl (C=O) groups is 2. The van der Waals surface area contributed by atoms with Gasteiger partial charge in [0.2, 0.25) is 0 Å². The summed E-state index contributed by atoms with van der Waals surface area (Å²) < 4.78 is 5.20. The first-order valence-electron chi connectivity index (χ1n) is 8.54. The predicted molar refractivity (Wildman–Crippen MR) is 111 cm³/mol. The number of hydrogen-bond donors (Lipinski definition) is 4. The van der Waals surface area contributed by atoms with Crippen LogP contribution in [0.5, 0.6) is 5.75 Å². The molecular weight excluding hydrogens is 356 g/mol. The first-order chi connectivity index (χ1) is 13.6. The Kier molecular flexibility index (Phi) is 5.76. The number of hydrogen-bond acceptors (Lipinski definition) is 4. The Morgan fingerprint density at radius 2 is 1.39 bits per heavy atom. The van der Waals surface area contributed by atoms with Gasteiger partial charge in [-0.05, 0) is 48.5 Å². The number of anilines is 4. The second kappa shape index (κ2) is 8.59. The zero-order chi connectivity index (χ0) is 19.9. The highest BCUT2D eigenvalue weighted by Crippen LogP contribution is 2.21. The topological polar surface area (TPSA) is 105 Å². The molecule has 3 amide bonds. The van der Waals surface area contributed by atoms with Gasteiger partial charge in [0.15, 0.2) is 0 Å². The van der Waals surface area contributed by atoms with Crippen molar-refractivity contribution >= 4 is 34.7 Å². The van der Waals surface area contributed by atoms with E-state index in [4.69, 9.17) is 10.5 Å². The molecule has 28 heavy (non-hydrogen) atoms. The van der Waals surface area contributed by atoms with E-state index in [-0.39, 0.29) is 5.91 Å². The maximum atomic E-state index is 12.4. The molecule has 142 valence electrons. The summed E-state index contributed by atoms with van der Waals surface area (Å²) in [4.78, 5) is 24.5. The zero-order valence-electron chi connectivity index (χ0n) is 15.2. The SMILES string of the molecule is COc1ccccc1C(=O)Nc1ccc(NC(=O)Nc2ccccc2N)cc1. The molecule has 3 aromatic rings. The Balaban J connectivity index is 1.61. The Bertz CT molecular complexity index is 987. The van der Waals surface area contributed by atoms with Crippen molar-refractivity contribution in [2.75, 3.05) is 28.8 Å². The minimum absolute atomic E-state index is 0.282. The third-order valence-electron chi connectivity index (χ3n) is 3.96. The summed E-state index contributed by atoms with van der Waals surface area (Å²) in [6.45, 7) is 0. The molecule has 0 unspecified atom stereocenters. The number of nitrogens with two attached hydrogens (primary N) is 1. The van der Waals surface area contributed by atoms with Crippen LogP contribution in [0.4, 0.5) is 27.5 Å². The highest BCUT2D eigenvalue weighted by Gasteiger charge is 2.11. The molecule has 0 saturated carbocycles. The first-order valence-corrected chi connectivity index (χ1v) is 8.54. The Morgan fingerprint density at radius 1 is 0.786 bits per heavy atom. The van der Waals surface area contributed by atoms with E-state index in [0.717, 1.165) is 0 Å². The molecule has 0 atom stereocenters. The monoisotopic (exact) mass is 376 g/mol. The number of carbonyl (C=O) groups excluding carboxylic acids is 2. The van der Waals surface area contributed by atoms with Crippen molar-refractivity contribution in [3.8, 4) is 5.75 Å². The molecule has 7 heteroatoms. The number of rotatable bonds is 5. The lowest BCUT2D eigenvalue weighted by atomic mass is 10.2. The highest BCUT2D eigenvalue weighted by atomic mass is 16.5. The van der Waals surface area contributed by atoms with E-state index in [0.29, 0.717) is 34.1 Å². The molecule has 7 nitrogen and oxygen atoms in total. The number of nitrogen functional groups attached to an aromatic ring is 1. The minimum Gasteiger partial charge on any atom is -0.496 e. The van der Waals surface area contributed by atoms with Crippen LogP contribution in [0.3, 0.4) is 0 Å². The molecule has 0 aliphatic heterocycles. The lowest BCUT2D eigenvalue weighted by Gasteiger charge is -2.11. The highest BCUT2D eigenvalue weighted by molar-refractivity contribution is 6.06. The summed E-state index contributed by atoms with van der Waals surface area (Å²) >= 11 is 0. The molecule has 0 spiro atoms. The van der Waals surface area contributed by atoms with Crippen molar-refractivity contribution in [1.82, 2.24) is 0 Å². The van der Waals surface area contributed by atoms with Crippen molar-refractivity contribution < 1.29 is 14.3 Å². The molecule has 0 radical (unpaired) electrons. The van der Waals surface area contributed by atoms with E-state index in [9.17, 15) is 9.59 Å². The molecule has 0 saturated heterocycles. The second-order valence-corrected chi connectivity index (χ2v) is 5.90. The number of amides is 3. The predicted octanol–water partition coefficient (Wildman–Crippen LogP) is 4.17. The third kappa shape index (κ3) is 4.59. The van der Waals surface area contributed by atoms with Gasteiger partial charge in [0.1, 0.15) is 5.75 Å². The largest absolute Gasteiger partial charge is 0.496 e. The molecule has 0 bridgehead atoms. The van der Waals surface area contributed by atoms with Gasteiger partial charge < -0.3 is 26.4 Å². The fourth-order valence-electron chi connectivity index (χ4n) is 2.56. The normalized spacial score (nSPS) is 10.0. The molecule has 3 aromatic carbocycles. The van der Waals surface area contributed by atoms with Crippen molar-refractivity contribution in [2.45, 2.75) is 0 Å². The van der Waals surface area contributed by atoms with Gasteiger partial charge in [-0.1, -0.05) is 24.3 Å². The van der Waals surface area contributed by atoms with Gasteiger partial charge in [-0.2, -0.15) is 0 Å². The molecule has 0 heterocycles. The quantitative estimate of drug-likeness (QED) is 0.501. The van der Waals surface area contributed by atoms with Gasteiger partial charge in [-0.15, -0.1) is 0 Å². The van der Waals surface area contributed by atoms with E-state index >= 15 is 0 Å². The molecule has 0 aliphatic carbocycles. The summed E-state index contributed by atoms with van der Waals surface area (Å²) in [6.07, 6.45) is 0. The smallest absolute Gasteiger partial charge is 0.323 e. The summed E-state index contributed by atoms with van der Waals surface area (Å²) in [5.41, 5.74) is 8.41. The van der Waals surface area contributed by atoms with Crippen LogP contribution in [0.25, 0.3) is 0 Å². The van der Waals surface area contributed by atoms with E-state index in [1.54, 1.807) is 72.8 Å². The van der Waals surface area contributed by atoms with Crippen LogP contribution >= 0.6 is 0 Å². The lowest BCUT2D eigenvalue weighted by molar-refractivity contribution is 0.102. The number of methoxy groups -OCH3 is 1. The fraction of sp³-hybridized carbons (Fsp3) is 0.0476. The van der Waals surface area contributed by atoms with Gasteiger partial charge in [0.05, 0.1) is 24.0 Å². The molecule has 3 rings (SSSR count). The lowest BCUT2D eigenvalue weighted by Crippen LogP contribution is -2.20. The third-order valence-corrected chi connectivity index (χ3v) is 3.96. The van der Waals surface area contributed by atoms with Crippen LogP contribution in [0.2, 0.25) is 0 Å². The van der Waals surface area contributed by atoms with Gasteiger partial charge in [0, 0.05) is 11.4 Å². The van der Waals surface area contributed by atoms with Gasteiger partial charge in [-0.25, -0.2) is 4.79 Å². The van der Waals surface area contributed by atoms with Gasteiger partial charge in [-0.3, -0.25) is 4.79 Å². The maximum Gasteiger partial charge on any atom is 0.323 e. The van der Waals surface area contributed by atoms with E-state index in [1.807, 2.05) is 0 Å². The summed E-state index contributed by atoms with van der Waals surface area (Å²) in [6, 6.07) is 20.3. The average molecular weight is 376 g/mol. The number of urea groups is 1. The minimum atomic E-state index is -0.413. The fourth-order valence-corrected chi connectivity index (χ4v) is 2.56. The zero-order valence-corrected chi connectivity index (χ0v) is 15.2. The van der Waals surface area contributed by atoms with Crippen LogP contribution in [0, 0.1) is 0 Å². The Morgan fingerprint density at radius 3 is 2.07 bits per heavy atom. The second-order valence-electron chi connectivity index (χ2n) is 5.90. The van der Waals surface area contributed by atoms with Crippen LogP contribution < -0.4 is 26.4 Å². The van der Waals surface area contributed by atoms with Crippen molar-refractivity contribution in [1.29, 1.82) is 0 Å². The molecule has 0 aromatic heterocycles. The number of para-hydroxylation sites is 3. The van der Waals surface area contributed by atoms with Crippen LogP contribution in [0.1, 0.15) is 10.4 Å². The van der Waals surface area contributed by atoms with Crippen LogP contribution in [-0.4, -0.2) is 19.0 Å². The van der Waals surface area contributed by atoms with E-state index in [2.05, 4.69) is 16.0 Å². The summed E-state index contributed by atoms with van der Waals surface area (Å²) in [5.74, 6) is 0.214. The van der Waals surface area contributed by atoms with Crippen LogP contribution in [-0.2, 0) is 0 Å². The van der Waals surface area contributed by atoms with Crippen molar-refractivity contribution in [3.05, 3.63) is 78.4 Å². The van der Waals surface area contributed by atoms with Crippen LogP contribution in [0.15, 0.2) is 72.8 Å². The standard InChI is InChI=1S/C21H20N4O3/c1-28-19-9-5-2-6-16(19)20(26)23-14-10-12-15(13-11-14)24-21(27)25-18-8-4-3-7-17(18)22/h2-13H,22H2,1H3,(H,23,26)(H2,24,25,27). The molecular formula is C21H20N4O3. The van der Waals surface area contributed by atoms with E-state index < -0.39 is 6.03 Å². The van der Waals surface area contributed by atoms with Crippen molar-refractivity contribution in [2.24, 2.45) is 0 Å². The van der Waals surface area contributed by atoms with Gasteiger partial charge in [0.25, 0.3) is 5.91 Å². The summed E-state index contributed by atoms with van der Waals surface area (Å²) in [5, 5.41) is 8.19. The Hall–Kier alpha value is -4.00. The molecule has 0 fully saturated rings.